The topological polar surface area (TPSA) is 101 Å². The monoisotopic (exact) mass is 378 g/mol. The maximum Gasteiger partial charge on any atom is 0.273 e. The fraction of sp³-hybridized carbons (Fsp3) is 0.0526. The van der Waals surface area contributed by atoms with Gasteiger partial charge in [-0.3, -0.25) is 20.2 Å². The maximum absolute atomic E-state index is 12.4. The van der Waals surface area contributed by atoms with E-state index in [1.807, 2.05) is 35.8 Å². The molecule has 8 heteroatoms. The number of aromatic nitrogens is 2. The zero-order valence-corrected chi connectivity index (χ0v) is 15.0. The van der Waals surface area contributed by atoms with Crippen molar-refractivity contribution in [3.63, 3.8) is 0 Å². The van der Waals surface area contributed by atoms with Crippen molar-refractivity contribution in [3.05, 3.63) is 75.3 Å². The number of hydrogen-bond donors (Lipinski definition) is 2. The van der Waals surface area contributed by atoms with Gasteiger partial charge in [0.15, 0.2) is 5.13 Å². The number of aromatic amines is 1. The van der Waals surface area contributed by atoms with Crippen molar-refractivity contribution in [3.8, 4) is 11.3 Å². The Balaban J connectivity index is 1.59. The smallest absolute Gasteiger partial charge is 0.273 e. The van der Waals surface area contributed by atoms with Crippen molar-refractivity contribution in [1.29, 1.82) is 0 Å². The highest BCUT2D eigenvalue weighted by Gasteiger charge is 2.16. The van der Waals surface area contributed by atoms with Gasteiger partial charge in [0.1, 0.15) is 0 Å². The number of nitro benzene ring substituents is 1. The molecule has 0 unspecified atom stereocenters. The predicted molar refractivity (Wildman–Crippen MR) is 105 cm³/mol. The van der Waals surface area contributed by atoms with Crippen molar-refractivity contribution in [1.82, 2.24) is 9.97 Å². The minimum atomic E-state index is -0.495. The van der Waals surface area contributed by atoms with Gasteiger partial charge in [-0.25, -0.2) is 4.98 Å². The summed E-state index contributed by atoms with van der Waals surface area (Å²) in [5.74, 6) is -0.432. The lowest BCUT2D eigenvalue weighted by molar-refractivity contribution is -0.385. The molecule has 0 fully saturated rings. The second-order valence-corrected chi connectivity index (χ2v) is 6.86. The molecule has 0 bridgehead atoms. The van der Waals surface area contributed by atoms with E-state index >= 15 is 0 Å². The van der Waals surface area contributed by atoms with Gasteiger partial charge < -0.3 is 4.98 Å². The third kappa shape index (κ3) is 3.18. The number of hydrogen-bond acceptors (Lipinski definition) is 5. The number of anilines is 1. The largest absolute Gasteiger partial charge is 0.360 e. The highest BCUT2D eigenvalue weighted by atomic mass is 32.1. The van der Waals surface area contributed by atoms with E-state index in [1.54, 1.807) is 19.1 Å². The van der Waals surface area contributed by atoms with Gasteiger partial charge in [0.05, 0.1) is 10.6 Å². The summed E-state index contributed by atoms with van der Waals surface area (Å²) in [5.41, 5.74) is 3.36. The molecule has 0 radical (unpaired) electrons. The van der Waals surface area contributed by atoms with Crippen molar-refractivity contribution >= 4 is 39.0 Å². The van der Waals surface area contributed by atoms with E-state index in [9.17, 15) is 14.9 Å². The van der Waals surface area contributed by atoms with Gasteiger partial charge >= 0.3 is 0 Å². The van der Waals surface area contributed by atoms with Crippen LogP contribution in [0.25, 0.3) is 22.2 Å². The van der Waals surface area contributed by atoms with Crippen LogP contribution in [0, 0.1) is 17.0 Å². The van der Waals surface area contributed by atoms with Crippen LogP contribution >= 0.6 is 11.3 Å². The Morgan fingerprint density at radius 3 is 2.89 bits per heavy atom. The van der Waals surface area contributed by atoms with Crippen LogP contribution in [0.1, 0.15) is 15.9 Å². The molecule has 0 aliphatic rings. The minimum Gasteiger partial charge on any atom is -0.360 e. The highest BCUT2D eigenvalue weighted by molar-refractivity contribution is 7.14. The second kappa shape index (κ2) is 6.65. The van der Waals surface area contributed by atoms with E-state index < -0.39 is 10.8 Å². The quantitative estimate of drug-likeness (QED) is 0.395. The lowest BCUT2D eigenvalue weighted by Gasteiger charge is -2.03. The molecule has 0 atom stereocenters. The van der Waals surface area contributed by atoms with Crippen LogP contribution in [0.4, 0.5) is 10.8 Å². The highest BCUT2D eigenvalue weighted by Crippen LogP contribution is 2.31. The van der Waals surface area contributed by atoms with E-state index in [4.69, 9.17) is 0 Å². The Hall–Kier alpha value is -3.52. The lowest BCUT2D eigenvalue weighted by Crippen LogP contribution is -2.12. The molecule has 4 aromatic rings. The number of nitro groups is 1. The number of amides is 1. The van der Waals surface area contributed by atoms with Gasteiger partial charge in [-0.05, 0) is 19.1 Å². The van der Waals surface area contributed by atoms with Crippen LogP contribution in [0.2, 0.25) is 0 Å². The Bertz CT molecular complexity index is 1180. The van der Waals surface area contributed by atoms with Gasteiger partial charge in [0.2, 0.25) is 0 Å². The number of para-hydroxylation sites is 1. The number of carbonyl (C=O) groups is 1. The van der Waals surface area contributed by atoms with Crippen LogP contribution in [-0.4, -0.2) is 20.8 Å². The molecule has 2 aromatic carbocycles. The molecule has 0 spiro atoms. The molecular weight excluding hydrogens is 364 g/mol. The van der Waals surface area contributed by atoms with Crippen molar-refractivity contribution in [2.24, 2.45) is 0 Å². The van der Waals surface area contributed by atoms with Crippen LogP contribution in [0.3, 0.4) is 0 Å². The summed E-state index contributed by atoms with van der Waals surface area (Å²) in [6, 6.07) is 12.3. The molecule has 134 valence electrons. The number of nitrogens with zero attached hydrogens (tertiary/aromatic N) is 2. The Labute approximate surface area is 157 Å². The zero-order valence-electron chi connectivity index (χ0n) is 14.2. The van der Waals surface area contributed by atoms with Gasteiger partial charge in [-0.1, -0.05) is 24.3 Å². The first-order valence-electron chi connectivity index (χ1n) is 8.11. The maximum atomic E-state index is 12.4. The lowest BCUT2D eigenvalue weighted by atomic mass is 10.1. The first kappa shape index (κ1) is 16.9. The van der Waals surface area contributed by atoms with Crippen LogP contribution < -0.4 is 5.32 Å². The summed E-state index contributed by atoms with van der Waals surface area (Å²) >= 11 is 1.30. The van der Waals surface area contributed by atoms with Crippen molar-refractivity contribution in [2.75, 3.05) is 5.32 Å². The third-order valence-corrected chi connectivity index (χ3v) is 5.02. The summed E-state index contributed by atoms with van der Waals surface area (Å²) in [6.45, 7) is 1.63. The number of rotatable bonds is 4. The van der Waals surface area contributed by atoms with Gasteiger partial charge in [0, 0.05) is 45.2 Å². The SMILES string of the molecule is Cc1ccc(C(=O)Nc2nc(-c3c[nH]c4ccccc34)cs2)cc1[N+](=O)[O-]. The molecule has 2 N–H and O–H groups in total. The normalized spacial score (nSPS) is 10.9. The Morgan fingerprint density at radius 1 is 1.26 bits per heavy atom. The number of aryl methyl sites for hydroxylation is 1. The number of benzene rings is 2. The van der Waals surface area contributed by atoms with Crippen LogP contribution in [0.15, 0.2) is 54.0 Å². The van der Waals surface area contributed by atoms with E-state index in [2.05, 4.69) is 15.3 Å². The molecule has 4 rings (SSSR count). The predicted octanol–water partition coefficient (Wildman–Crippen LogP) is 4.76. The van der Waals surface area contributed by atoms with E-state index in [-0.39, 0.29) is 11.3 Å². The van der Waals surface area contributed by atoms with Crippen molar-refractivity contribution in [2.45, 2.75) is 6.92 Å². The average molecular weight is 378 g/mol. The first-order chi connectivity index (χ1) is 13.0. The molecule has 0 saturated heterocycles. The molecule has 0 aliphatic carbocycles. The van der Waals surface area contributed by atoms with Gasteiger partial charge in [-0.2, -0.15) is 0 Å². The molecule has 0 saturated carbocycles. The first-order valence-corrected chi connectivity index (χ1v) is 8.99. The second-order valence-electron chi connectivity index (χ2n) is 6.00. The van der Waals surface area contributed by atoms with Crippen molar-refractivity contribution < 1.29 is 9.72 Å². The van der Waals surface area contributed by atoms with Crippen LogP contribution in [0.5, 0.6) is 0 Å². The number of carbonyl (C=O) groups excluding carboxylic acids is 1. The van der Waals surface area contributed by atoms with Crippen LogP contribution in [-0.2, 0) is 0 Å². The summed E-state index contributed by atoms with van der Waals surface area (Å²) in [4.78, 5) is 30.7. The zero-order chi connectivity index (χ0) is 19.0. The summed E-state index contributed by atoms with van der Waals surface area (Å²) in [5, 5.41) is 17.1. The number of thiazole rings is 1. The minimum absolute atomic E-state index is 0.0822. The summed E-state index contributed by atoms with van der Waals surface area (Å²) in [6.07, 6.45) is 1.88. The fourth-order valence-corrected chi connectivity index (χ4v) is 3.56. The number of H-pyrrole nitrogens is 1. The molecule has 7 nitrogen and oxygen atoms in total. The third-order valence-electron chi connectivity index (χ3n) is 4.26. The molecule has 1 amide bonds. The Kier molecular flexibility index (Phi) is 4.17. The summed E-state index contributed by atoms with van der Waals surface area (Å²) < 4.78 is 0. The number of nitrogens with one attached hydrogen (secondary N) is 2. The molecule has 2 heterocycles. The molecule has 0 aliphatic heterocycles. The molecule has 27 heavy (non-hydrogen) atoms. The average Bonchev–Trinajstić information content (AvgIpc) is 3.28. The van der Waals surface area contributed by atoms with E-state index in [0.29, 0.717) is 10.7 Å². The van der Waals surface area contributed by atoms with E-state index in [1.165, 1.54) is 17.4 Å². The molecule has 2 aromatic heterocycles. The number of fused-ring (bicyclic) bond motifs is 1. The Morgan fingerprint density at radius 2 is 2.07 bits per heavy atom. The standard InChI is InChI=1S/C19H14N4O3S/c1-11-6-7-12(8-17(11)23(25)26)18(24)22-19-21-16(10-27-19)14-9-20-15-5-3-2-4-13(14)15/h2-10,20H,1H3,(H,21,22,24). The van der Waals surface area contributed by atoms with Gasteiger partial charge in [-0.15, -0.1) is 11.3 Å². The fourth-order valence-electron chi connectivity index (χ4n) is 2.85. The van der Waals surface area contributed by atoms with Gasteiger partial charge in [0.25, 0.3) is 11.6 Å². The summed E-state index contributed by atoms with van der Waals surface area (Å²) in [7, 11) is 0. The molecular formula is C19H14N4O3S. The van der Waals surface area contributed by atoms with E-state index in [0.717, 1.165) is 22.2 Å².